The van der Waals surface area contributed by atoms with E-state index in [0.717, 1.165) is 39.0 Å². The van der Waals surface area contributed by atoms with Crippen LogP contribution in [0.4, 0.5) is 4.79 Å². The van der Waals surface area contributed by atoms with Crippen LogP contribution in [-0.2, 0) is 0 Å². The Labute approximate surface area is 122 Å². The normalized spacial score (nSPS) is 27.0. The lowest BCUT2D eigenvalue weighted by Gasteiger charge is -2.24. The van der Waals surface area contributed by atoms with Gasteiger partial charge in [-0.15, -0.1) is 0 Å². The molecule has 2 saturated heterocycles. The number of urea groups is 1. The Balaban J connectivity index is 1.45. The van der Waals surface area contributed by atoms with Gasteiger partial charge in [-0.3, -0.25) is 0 Å². The number of amides is 2. The van der Waals surface area contributed by atoms with Crippen molar-refractivity contribution in [2.75, 3.05) is 26.2 Å². The maximum absolute atomic E-state index is 11.7. The molecule has 0 spiro atoms. The van der Waals surface area contributed by atoms with E-state index in [4.69, 9.17) is 0 Å². The molecule has 0 bridgehead atoms. The van der Waals surface area contributed by atoms with Gasteiger partial charge in [0.15, 0.2) is 0 Å². The lowest BCUT2D eigenvalue weighted by Crippen LogP contribution is -2.42. The first-order valence-electron chi connectivity index (χ1n) is 8.33. The fourth-order valence-corrected chi connectivity index (χ4v) is 3.12. The highest BCUT2D eigenvalue weighted by Gasteiger charge is 2.13. The summed E-state index contributed by atoms with van der Waals surface area (Å²) in [5, 5.41) is 12.9. The smallest absolute Gasteiger partial charge is 0.314 e. The van der Waals surface area contributed by atoms with Gasteiger partial charge in [0.1, 0.15) is 0 Å². The van der Waals surface area contributed by atoms with Crippen molar-refractivity contribution in [3.8, 4) is 0 Å². The third kappa shape index (κ3) is 6.09. The van der Waals surface area contributed by atoms with Crippen molar-refractivity contribution < 1.29 is 4.79 Å². The Morgan fingerprint density at radius 3 is 1.75 bits per heavy atom. The zero-order valence-corrected chi connectivity index (χ0v) is 12.5. The van der Waals surface area contributed by atoms with E-state index in [0.29, 0.717) is 12.1 Å². The molecule has 4 N–H and O–H groups in total. The van der Waals surface area contributed by atoms with Crippen LogP contribution in [0.5, 0.6) is 0 Å². The van der Waals surface area contributed by atoms with Gasteiger partial charge in [0, 0.05) is 25.2 Å². The SMILES string of the molecule is O=C(NCCC1CCCCN1)NCCC1CCCCN1. The number of carbonyl (C=O) groups excluding carboxylic acids is 1. The summed E-state index contributed by atoms with van der Waals surface area (Å²) >= 11 is 0. The molecular formula is C15H30N4O. The van der Waals surface area contributed by atoms with Gasteiger partial charge in [-0.2, -0.15) is 0 Å². The van der Waals surface area contributed by atoms with Gasteiger partial charge in [0.2, 0.25) is 0 Å². The molecule has 116 valence electrons. The average molecular weight is 282 g/mol. The Morgan fingerprint density at radius 2 is 1.35 bits per heavy atom. The molecule has 0 aromatic carbocycles. The molecule has 0 saturated carbocycles. The summed E-state index contributed by atoms with van der Waals surface area (Å²) in [7, 11) is 0. The van der Waals surface area contributed by atoms with Crippen molar-refractivity contribution in [1.29, 1.82) is 0 Å². The fourth-order valence-electron chi connectivity index (χ4n) is 3.12. The molecule has 0 aliphatic carbocycles. The minimum atomic E-state index is -0.0170. The Hall–Kier alpha value is -0.810. The minimum absolute atomic E-state index is 0.0170. The third-order valence-electron chi connectivity index (χ3n) is 4.38. The van der Waals surface area contributed by atoms with Crippen molar-refractivity contribution in [1.82, 2.24) is 21.3 Å². The Morgan fingerprint density at radius 1 is 0.850 bits per heavy atom. The molecule has 2 aliphatic heterocycles. The minimum Gasteiger partial charge on any atom is -0.338 e. The first-order valence-corrected chi connectivity index (χ1v) is 8.33. The molecule has 0 radical (unpaired) electrons. The van der Waals surface area contributed by atoms with Crippen LogP contribution in [0, 0.1) is 0 Å². The second-order valence-electron chi connectivity index (χ2n) is 6.05. The van der Waals surface area contributed by atoms with E-state index in [9.17, 15) is 4.79 Å². The van der Waals surface area contributed by atoms with Gasteiger partial charge >= 0.3 is 6.03 Å². The summed E-state index contributed by atoms with van der Waals surface area (Å²) < 4.78 is 0. The van der Waals surface area contributed by atoms with Crippen molar-refractivity contribution in [3.05, 3.63) is 0 Å². The molecule has 2 amide bonds. The second kappa shape index (κ2) is 9.19. The van der Waals surface area contributed by atoms with Crippen LogP contribution in [0.25, 0.3) is 0 Å². The highest BCUT2D eigenvalue weighted by Crippen LogP contribution is 2.09. The standard InChI is InChI=1S/C15H30N4O/c20-15(18-11-7-13-5-1-3-9-16-13)19-12-8-14-6-2-4-10-17-14/h13-14,16-17H,1-12H2,(H2,18,19,20). The summed E-state index contributed by atoms with van der Waals surface area (Å²) in [5.74, 6) is 0. The molecule has 0 aromatic rings. The van der Waals surface area contributed by atoms with Crippen molar-refractivity contribution in [2.45, 2.75) is 63.5 Å². The van der Waals surface area contributed by atoms with E-state index < -0.39 is 0 Å². The number of nitrogens with one attached hydrogen (secondary N) is 4. The monoisotopic (exact) mass is 282 g/mol. The highest BCUT2D eigenvalue weighted by molar-refractivity contribution is 5.73. The van der Waals surface area contributed by atoms with E-state index in [2.05, 4.69) is 21.3 Å². The maximum atomic E-state index is 11.7. The second-order valence-corrected chi connectivity index (χ2v) is 6.05. The molecule has 5 nitrogen and oxygen atoms in total. The van der Waals surface area contributed by atoms with Crippen LogP contribution < -0.4 is 21.3 Å². The summed E-state index contributed by atoms with van der Waals surface area (Å²) in [5.41, 5.74) is 0. The van der Waals surface area contributed by atoms with Crippen molar-refractivity contribution in [3.63, 3.8) is 0 Å². The van der Waals surface area contributed by atoms with Crippen LogP contribution in [-0.4, -0.2) is 44.3 Å². The Bertz CT molecular complexity index is 247. The van der Waals surface area contributed by atoms with Gasteiger partial charge in [-0.1, -0.05) is 12.8 Å². The molecule has 2 fully saturated rings. The van der Waals surface area contributed by atoms with Crippen LogP contribution in [0.15, 0.2) is 0 Å². The third-order valence-corrected chi connectivity index (χ3v) is 4.38. The molecule has 5 heteroatoms. The van der Waals surface area contributed by atoms with Gasteiger partial charge in [-0.05, 0) is 51.6 Å². The number of carbonyl (C=O) groups is 1. The maximum Gasteiger partial charge on any atom is 0.314 e. The lowest BCUT2D eigenvalue weighted by atomic mass is 10.0. The predicted molar refractivity (Wildman–Crippen MR) is 81.9 cm³/mol. The molecular weight excluding hydrogens is 252 g/mol. The number of rotatable bonds is 6. The zero-order valence-electron chi connectivity index (χ0n) is 12.5. The van der Waals surface area contributed by atoms with Crippen molar-refractivity contribution >= 4 is 6.03 Å². The van der Waals surface area contributed by atoms with E-state index in [1.807, 2.05) is 0 Å². The van der Waals surface area contributed by atoms with E-state index in [1.165, 1.54) is 38.5 Å². The first kappa shape index (κ1) is 15.6. The van der Waals surface area contributed by atoms with Gasteiger partial charge < -0.3 is 21.3 Å². The predicted octanol–water partition coefficient (Wildman–Crippen LogP) is 1.35. The summed E-state index contributed by atoms with van der Waals surface area (Å²) in [4.78, 5) is 11.7. The van der Waals surface area contributed by atoms with Crippen LogP contribution in [0.2, 0.25) is 0 Å². The van der Waals surface area contributed by atoms with E-state index in [1.54, 1.807) is 0 Å². The topological polar surface area (TPSA) is 65.2 Å². The van der Waals surface area contributed by atoms with Gasteiger partial charge in [0.25, 0.3) is 0 Å². The largest absolute Gasteiger partial charge is 0.338 e. The molecule has 20 heavy (non-hydrogen) atoms. The summed E-state index contributed by atoms with van der Waals surface area (Å²) in [6, 6.07) is 1.17. The van der Waals surface area contributed by atoms with Gasteiger partial charge in [-0.25, -0.2) is 4.79 Å². The number of piperidine rings is 2. The lowest BCUT2D eigenvalue weighted by molar-refractivity contribution is 0.238. The Kier molecular flexibility index (Phi) is 7.15. The molecule has 2 atom stereocenters. The summed E-state index contributed by atoms with van der Waals surface area (Å²) in [6.07, 6.45) is 9.79. The average Bonchev–Trinajstić information content (AvgIpc) is 2.49. The van der Waals surface area contributed by atoms with E-state index >= 15 is 0 Å². The highest BCUT2D eigenvalue weighted by atomic mass is 16.2. The molecule has 2 aliphatic rings. The molecule has 2 unspecified atom stereocenters. The van der Waals surface area contributed by atoms with Crippen molar-refractivity contribution in [2.24, 2.45) is 0 Å². The van der Waals surface area contributed by atoms with Crippen LogP contribution in [0.1, 0.15) is 51.4 Å². The first-order chi connectivity index (χ1) is 9.84. The van der Waals surface area contributed by atoms with E-state index in [-0.39, 0.29) is 6.03 Å². The quantitative estimate of drug-likeness (QED) is 0.594. The fraction of sp³-hybridized carbons (Fsp3) is 0.933. The van der Waals surface area contributed by atoms with Gasteiger partial charge in [0.05, 0.1) is 0 Å². The van der Waals surface area contributed by atoms with Crippen LogP contribution in [0.3, 0.4) is 0 Å². The number of hydrogen-bond donors (Lipinski definition) is 4. The molecule has 0 aromatic heterocycles. The molecule has 2 heterocycles. The van der Waals surface area contributed by atoms with Crippen LogP contribution >= 0.6 is 0 Å². The zero-order chi connectivity index (χ0) is 14.0. The summed E-state index contributed by atoms with van der Waals surface area (Å²) in [6.45, 7) is 3.80. The molecule has 2 rings (SSSR count). The number of hydrogen-bond acceptors (Lipinski definition) is 3.